The van der Waals surface area contributed by atoms with Crippen LogP contribution in [0.2, 0.25) is 0 Å². The smallest absolute Gasteiger partial charge is 0.0302 e. The third kappa shape index (κ3) is 1.21. The van der Waals surface area contributed by atoms with E-state index in [0.717, 1.165) is 6.42 Å². The van der Waals surface area contributed by atoms with Gasteiger partial charge in [-0.2, -0.15) is 0 Å². The molecule has 0 heteroatoms. The van der Waals surface area contributed by atoms with Crippen molar-refractivity contribution in [3.8, 4) is 0 Å². The van der Waals surface area contributed by atoms with Gasteiger partial charge in [-0.1, -0.05) is 60.2 Å². The van der Waals surface area contributed by atoms with Gasteiger partial charge >= 0.3 is 0 Å². The Morgan fingerprint density at radius 3 is 1.83 bits per heavy atom. The molecule has 3 aliphatic carbocycles. The molecule has 0 unspecified atom stereocenters. The second-order valence-corrected chi connectivity index (χ2v) is 5.43. The Kier molecular flexibility index (Phi) is 2.02. The van der Waals surface area contributed by atoms with Crippen LogP contribution < -0.4 is 0 Å². The van der Waals surface area contributed by atoms with Crippen molar-refractivity contribution in [2.24, 2.45) is 0 Å². The fourth-order valence-electron chi connectivity index (χ4n) is 3.68. The molecule has 0 heterocycles. The fraction of sp³-hybridized carbons (Fsp3) is 0.222. The van der Waals surface area contributed by atoms with E-state index in [1.54, 1.807) is 0 Å². The molecule has 18 heavy (non-hydrogen) atoms. The van der Waals surface area contributed by atoms with Crippen molar-refractivity contribution < 1.29 is 0 Å². The molecule has 0 nitrogen and oxygen atoms in total. The number of rotatable bonds is 0. The number of benzene rings is 2. The summed E-state index contributed by atoms with van der Waals surface area (Å²) in [5.41, 5.74) is 7.62. The van der Waals surface area contributed by atoms with Crippen molar-refractivity contribution in [3.05, 3.63) is 82.4 Å². The summed E-state index contributed by atoms with van der Waals surface area (Å²) in [6, 6.07) is 18.0. The number of hydrogen-bond acceptors (Lipinski definition) is 0. The molecule has 0 atom stereocenters. The molecule has 2 aromatic rings. The zero-order valence-electron chi connectivity index (χ0n) is 10.6. The Morgan fingerprint density at radius 1 is 0.778 bits per heavy atom. The van der Waals surface area contributed by atoms with Crippen LogP contribution in [0.3, 0.4) is 0 Å². The van der Waals surface area contributed by atoms with Crippen molar-refractivity contribution in [2.75, 3.05) is 0 Å². The highest BCUT2D eigenvalue weighted by Crippen LogP contribution is 2.50. The zero-order chi connectivity index (χ0) is 12.1. The highest BCUT2D eigenvalue weighted by atomic mass is 14.4. The first-order chi connectivity index (χ1) is 8.86. The van der Waals surface area contributed by atoms with Crippen LogP contribution in [0, 0.1) is 0 Å². The Morgan fingerprint density at radius 2 is 1.28 bits per heavy atom. The largest absolute Gasteiger partial charge is 0.0837 e. The molecule has 0 fully saturated rings. The molecule has 0 aromatic heterocycles. The van der Waals surface area contributed by atoms with Gasteiger partial charge in [0.15, 0.2) is 0 Å². The van der Waals surface area contributed by atoms with Gasteiger partial charge in [0.05, 0.1) is 0 Å². The lowest BCUT2D eigenvalue weighted by Crippen LogP contribution is -2.15. The van der Waals surface area contributed by atoms with E-state index in [4.69, 9.17) is 0 Å². The van der Waals surface area contributed by atoms with Crippen LogP contribution in [-0.4, -0.2) is 0 Å². The molecule has 5 rings (SSSR count). The average Bonchev–Trinajstić information content (AvgIpc) is 2.65. The molecule has 0 saturated carbocycles. The van der Waals surface area contributed by atoms with Crippen molar-refractivity contribution in [2.45, 2.75) is 25.2 Å². The SMILES string of the molecule is CC1=CCC2c3ccccc3C1c1ccccc12. The van der Waals surface area contributed by atoms with Gasteiger partial charge in [0.2, 0.25) is 0 Å². The van der Waals surface area contributed by atoms with E-state index in [1.165, 1.54) is 27.8 Å². The lowest BCUT2D eigenvalue weighted by Gasteiger charge is -2.31. The van der Waals surface area contributed by atoms with Crippen LogP contribution in [0.25, 0.3) is 0 Å². The third-order valence-electron chi connectivity index (χ3n) is 4.50. The summed E-state index contributed by atoms with van der Waals surface area (Å²) in [6.07, 6.45) is 3.59. The van der Waals surface area contributed by atoms with Crippen molar-refractivity contribution in [1.82, 2.24) is 0 Å². The summed E-state index contributed by atoms with van der Waals surface area (Å²) >= 11 is 0. The molecule has 0 radical (unpaired) electrons. The second-order valence-electron chi connectivity index (χ2n) is 5.43. The van der Waals surface area contributed by atoms with E-state index in [9.17, 15) is 0 Å². The summed E-state index contributed by atoms with van der Waals surface area (Å²) in [5.74, 6) is 1.04. The Hall–Kier alpha value is -1.82. The van der Waals surface area contributed by atoms with Gasteiger partial charge in [0, 0.05) is 11.8 Å². The molecule has 0 aliphatic heterocycles. The van der Waals surface area contributed by atoms with E-state index >= 15 is 0 Å². The lowest BCUT2D eigenvalue weighted by atomic mass is 9.72. The maximum absolute atomic E-state index is 2.44. The monoisotopic (exact) mass is 232 g/mol. The predicted molar refractivity (Wildman–Crippen MR) is 74.9 cm³/mol. The molecule has 0 amide bonds. The van der Waals surface area contributed by atoms with Gasteiger partial charge < -0.3 is 0 Å². The first-order valence-corrected chi connectivity index (χ1v) is 6.70. The van der Waals surface area contributed by atoms with E-state index < -0.39 is 0 Å². The molecule has 2 bridgehead atoms. The molecular formula is C18H16. The minimum Gasteiger partial charge on any atom is -0.0837 e. The molecular weight excluding hydrogens is 216 g/mol. The topological polar surface area (TPSA) is 0 Å². The van der Waals surface area contributed by atoms with E-state index in [2.05, 4.69) is 61.5 Å². The summed E-state index contributed by atoms with van der Waals surface area (Å²) in [4.78, 5) is 0. The first-order valence-electron chi connectivity index (χ1n) is 6.70. The molecule has 2 aromatic carbocycles. The standard InChI is InChI=1S/C18H16/c1-12-10-11-15-13-6-2-4-8-16(13)18(12)17-9-5-3-7-14(15)17/h2-10,15,18H,11H2,1H3. The van der Waals surface area contributed by atoms with Crippen LogP contribution in [0.5, 0.6) is 0 Å². The predicted octanol–water partition coefficient (Wildman–Crippen LogP) is 4.61. The van der Waals surface area contributed by atoms with E-state index in [1.807, 2.05) is 0 Å². The van der Waals surface area contributed by atoms with Gasteiger partial charge in [-0.15, -0.1) is 0 Å². The van der Waals surface area contributed by atoms with Crippen LogP contribution in [0.1, 0.15) is 47.4 Å². The number of hydrogen-bond donors (Lipinski definition) is 0. The maximum atomic E-state index is 2.44. The summed E-state index contributed by atoms with van der Waals surface area (Å²) < 4.78 is 0. The van der Waals surface area contributed by atoms with Gasteiger partial charge in [-0.3, -0.25) is 0 Å². The Labute approximate surface area is 108 Å². The Balaban J connectivity index is 2.08. The average molecular weight is 232 g/mol. The number of fused-ring (bicyclic) bond motifs is 1. The Bertz CT molecular complexity index is 601. The lowest BCUT2D eigenvalue weighted by molar-refractivity contribution is 0.777. The van der Waals surface area contributed by atoms with Crippen LogP contribution in [0.15, 0.2) is 60.2 Å². The molecule has 0 spiro atoms. The summed E-state index contributed by atoms with van der Waals surface area (Å²) in [6.45, 7) is 2.28. The third-order valence-corrected chi connectivity index (χ3v) is 4.50. The van der Waals surface area contributed by atoms with Crippen LogP contribution in [-0.2, 0) is 0 Å². The molecule has 3 aliphatic rings. The van der Waals surface area contributed by atoms with Gasteiger partial charge in [-0.05, 0) is 35.6 Å². The van der Waals surface area contributed by atoms with Gasteiger partial charge in [0.1, 0.15) is 0 Å². The molecule has 0 saturated heterocycles. The normalized spacial score (nSPS) is 23.9. The van der Waals surface area contributed by atoms with Crippen LogP contribution >= 0.6 is 0 Å². The summed E-state index contributed by atoms with van der Waals surface area (Å²) in [7, 11) is 0. The molecule has 0 N–H and O–H groups in total. The van der Waals surface area contributed by atoms with Crippen molar-refractivity contribution >= 4 is 0 Å². The fourth-order valence-corrected chi connectivity index (χ4v) is 3.68. The van der Waals surface area contributed by atoms with Gasteiger partial charge in [-0.25, -0.2) is 0 Å². The van der Waals surface area contributed by atoms with Crippen molar-refractivity contribution in [1.29, 1.82) is 0 Å². The first kappa shape index (κ1) is 10.1. The highest BCUT2D eigenvalue weighted by molar-refractivity contribution is 5.58. The minimum atomic E-state index is 0.483. The maximum Gasteiger partial charge on any atom is 0.0302 e. The minimum absolute atomic E-state index is 0.483. The summed E-state index contributed by atoms with van der Waals surface area (Å²) in [5, 5.41) is 0. The second kappa shape index (κ2) is 3.58. The molecule has 88 valence electrons. The zero-order valence-corrected chi connectivity index (χ0v) is 10.6. The van der Waals surface area contributed by atoms with E-state index in [0.29, 0.717) is 11.8 Å². The van der Waals surface area contributed by atoms with Gasteiger partial charge in [0.25, 0.3) is 0 Å². The van der Waals surface area contributed by atoms with E-state index in [-0.39, 0.29) is 0 Å². The quantitative estimate of drug-likeness (QED) is 0.582. The van der Waals surface area contributed by atoms with Crippen molar-refractivity contribution in [3.63, 3.8) is 0 Å². The highest BCUT2D eigenvalue weighted by Gasteiger charge is 2.34. The van der Waals surface area contributed by atoms with Crippen LogP contribution in [0.4, 0.5) is 0 Å². The number of allylic oxidation sites excluding steroid dienone is 2.